The van der Waals surface area contributed by atoms with E-state index in [-0.39, 0.29) is 0 Å². The number of likely N-dealkylation sites (tertiary alicyclic amines) is 1. The fourth-order valence-electron chi connectivity index (χ4n) is 2.58. The first-order valence-electron chi connectivity index (χ1n) is 6.55. The Hall–Kier alpha value is -3.18. The summed E-state index contributed by atoms with van der Waals surface area (Å²) in [5.41, 5.74) is -2.50. The number of esters is 1. The van der Waals surface area contributed by atoms with Crippen LogP contribution in [0.3, 0.4) is 0 Å². The van der Waals surface area contributed by atoms with E-state index in [0.29, 0.717) is 15.7 Å². The fourth-order valence-corrected chi connectivity index (χ4v) is 2.58. The van der Waals surface area contributed by atoms with Crippen molar-refractivity contribution < 1.29 is 33.7 Å². The first-order valence-corrected chi connectivity index (χ1v) is 6.55. The number of aromatic nitrogens is 2. The highest BCUT2D eigenvalue weighted by atomic mass is 19.1. The first kappa shape index (κ1) is 17.2. The van der Waals surface area contributed by atoms with Gasteiger partial charge in [0, 0.05) is 13.3 Å². The molecular weight excluding hydrogens is 333 g/mol. The maximum atomic E-state index is 13.5. The van der Waals surface area contributed by atoms with Gasteiger partial charge in [0.1, 0.15) is 12.1 Å². The molecule has 0 radical (unpaired) electrons. The smallest absolute Gasteiger partial charge is 0.409 e. The van der Waals surface area contributed by atoms with Gasteiger partial charge in [-0.25, -0.2) is 14.4 Å². The first-order chi connectivity index (χ1) is 11.1. The number of ether oxygens (including phenoxy) is 1. The number of hydrogen-bond donors (Lipinski definition) is 3. The Kier molecular flexibility index (Phi) is 4.39. The monoisotopic (exact) mass is 345 g/mol. The van der Waals surface area contributed by atoms with Crippen molar-refractivity contribution >= 4 is 18.0 Å². The van der Waals surface area contributed by atoms with Crippen molar-refractivity contribution in [3.8, 4) is 0 Å². The molecule has 130 valence electrons. The van der Waals surface area contributed by atoms with E-state index in [1.165, 1.54) is 0 Å². The Labute approximate surface area is 131 Å². The molecule has 0 spiro atoms. The standard InChI is InChI=1S/C12H12FN3O8/c1-4(17)24-7-2-6(10(19)20)16(12(22)23)9(7)15-3-5(13)8(18)14-11(15)21/h3,6-7,9H,2H2,1H3,(H,19,20)(H,22,23)(H,14,18,21)/t6-,7+,9+/m0/s1. The Balaban J connectivity index is 2.63. The zero-order valence-corrected chi connectivity index (χ0v) is 12.1. The number of nitrogens with zero attached hydrogens (tertiary/aromatic N) is 2. The van der Waals surface area contributed by atoms with E-state index in [2.05, 4.69) is 0 Å². The molecule has 11 nitrogen and oxygen atoms in total. The molecule has 1 amide bonds. The number of carbonyl (C=O) groups is 3. The quantitative estimate of drug-likeness (QED) is 0.585. The zero-order valence-electron chi connectivity index (χ0n) is 12.1. The third kappa shape index (κ3) is 2.98. The summed E-state index contributed by atoms with van der Waals surface area (Å²) in [6.45, 7) is 1.01. The molecular formula is C12H12FN3O8. The molecule has 2 heterocycles. The van der Waals surface area contributed by atoms with Gasteiger partial charge in [0.05, 0.1) is 6.20 Å². The van der Waals surface area contributed by atoms with Crippen molar-refractivity contribution in [2.45, 2.75) is 31.7 Å². The fraction of sp³-hybridized carbons (Fsp3) is 0.417. The van der Waals surface area contributed by atoms with Crippen LogP contribution in [-0.4, -0.2) is 54.8 Å². The molecule has 3 atom stereocenters. The van der Waals surface area contributed by atoms with Crippen molar-refractivity contribution in [3.63, 3.8) is 0 Å². The van der Waals surface area contributed by atoms with Gasteiger partial charge >= 0.3 is 23.7 Å². The van der Waals surface area contributed by atoms with E-state index >= 15 is 0 Å². The number of rotatable bonds is 3. The van der Waals surface area contributed by atoms with Gasteiger partial charge in [0.25, 0.3) is 5.56 Å². The number of carbonyl (C=O) groups excluding carboxylic acids is 1. The van der Waals surface area contributed by atoms with E-state index < -0.39 is 59.8 Å². The van der Waals surface area contributed by atoms with Crippen LogP contribution in [0.2, 0.25) is 0 Å². The lowest BCUT2D eigenvalue weighted by Gasteiger charge is -2.28. The van der Waals surface area contributed by atoms with E-state index in [4.69, 9.17) is 9.84 Å². The van der Waals surface area contributed by atoms with Crippen LogP contribution in [0.1, 0.15) is 19.5 Å². The molecule has 1 aromatic heterocycles. The van der Waals surface area contributed by atoms with Gasteiger partial charge in [0.2, 0.25) is 5.82 Å². The van der Waals surface area contributed by atoms with Crippen LogP contribution in [0.15, 0.2) is 15.8 Å². The van der Waals surface area contributed by atoms with Gasteiger partial charge in [-0.1, -0.05) is 0 Å². The Morgan fingerprint density at radius 2 is 1.96 bits per heavy atom. The molecule has 3 N–H and O–H groups in total. The second-order valence-electron chi connectivity index (χ2n) is 4.98. The summed E-state index contributed by atoms with van der Waals surface area (Å²) >= 11 is 0. The maximum Gasteiger partial charge on any atom is 0.409 e. The van der Waals surface area contributed by atoms with E-state index in [1.54, 1.807) is 4.98 Å². The summed E-state index contributed by atoms with van der Waals surface area (Å²) in [5.74, 6) is -3.77. The van der Waals surface area contributed by atoms with Crippen molar-refractivity contribution in [1.29, 1.82) is 0 Å². The average Bonchev–Trinajstić information content (AvgIpc) is 2.81. The van der Waals surface area contributed by atoms with Crippen LogP contribution in [0, 0.1) is 5.82 Å². The molecule has 0 saturated carbocycles. The molecule has 0 aromatic carbocycles. The molecule has 1 aliphatic heterocycles. The summed E-state index contributed by atoms with van der Waals surface area (Å²) in [6.07, 6.45) is -4.74. The Bertz CT molecular complexity index is 815. The van der Waals surface area contributed by atoms with Crippen molar-refractivity contribution in [1.82, 2.24) is 14.5 Å². The van der Waals surface area contributed by atoms with E-state index in [1.807, 2.05) is 0 Å². The highest BCUT2D eigenvalue weighted by molar-refractivity contribution is 5.80. The molecule has 1 fully saturated rings. The van der Waals surface area contributed by atoms with Gasteiger partial charge in [0.15, 0.2) is 6.17 Å². The van der Waals surface area contributed by atoms with Crippen molar-refractivity contribution in [2.24, 2.45) is 0 Å². The molecule has 12 heteroatoms. The number of amides is 1. The molecule has 0 bridgehead atoms. The maximum absolute atomic E-state index is 13.5. The lowest BCUT2D eigenvalue weighted by atomic mass is 10.2. The molecule has 0 unspecified atom stereocenters. The number of nitrogens with one attached hydrogen (secondary N) is 1. The summed E-state index contributed by atoms with van der Waals surface area (Å²) < 4.78 is 18.8. The third-order valence-corrected chi connectivity index (χ3v) is 3.44. The summed E-state index contributed by atoms with van der Waals surface area (Å²) in [7, 11) is 0. The average molecular weight is 345 g/mol. The Morgan fingerprint density at radius 3 is 2.46 bits per heavy atom. The van der Waals surface area contributed by atoms with E-state index in [0.717, 1.165) is 6.92 Å². The van der Waals surface area contributed by atoms with Crippen LogP contribution >= 0.6 is 0 Å². The van der Waals surface area contributed by atoms with Crippen LogP contribution in [0.25, 0.3) is 0 Å². The molecule has 24 heavy (non-hydrogen) atoms. The largest absolute Gasteiger partial charge is 0.480 e. The summed E-state index contributed by atoms with van der Waals surface area (Å²) in [4.78, 5) is 58.9. The normalized spacial score (nSPS) is 23.1. The Morgan fingerprint density at radius 1 is 1.33 bits per heavy atom. The van der Waals surface area contributed by atoms with Gasteiger partial charge in [-0.3, -0.25) is 24.0 Å². The van der Waals surface area contributed by atoms with Crippen LogP contribution in [0.4, 0.5) is 9.18 Å². The number of halogens is 1. The second kappa shape index (κ2) is 6.14. The molecule has 0 aliphatic carbocycles. The third-order valence-electron chi connectivity index (χ3n) is 3.44. The highest BCUT2D eigenvalue weighted by Crippen LogP contribution is 2.34. The molecule has 1 aliphatic rings. The SMILES string of the molecule is CC(=O)O[C@@H]1C[C@@H](C(=O)O)N(C(=O)O)[C@H]1n1cc(F)c(=O)[nH]c1=O. The minimum absolute atomic E-state index is 0.356. The van der Waals surface area contributed by atoms with Gasteiger partial charge in [-0.05, 0) is 0 Å². The van der Waals surface area contributed by atoms with Crippen molar-refractivity contribution in [3.05, 3.63) is 32.9 Å². The number of hydrogen-bond acceptors (Lipinski definition) is 6. The number of carboxylic acids is 1. The lowest BCUT2D eigenvalue weighted by molar-refractivity contribution is -0.149. The van der Waals surface area contributed by atoms with Gasteiger partial charge < -0.3 is 14.9 Å². The predicted octanol–water partition coefficient (Wildman–Crippen LogP) is -1.06. The molecule has 1 aromatic rings. The van der Waals surface area contributed by atoms with Gasteiger partial charge in [-0.2, -0.15) is 4.39 Å². The predicted molar refractivity (Wildman–Crippen MR) is 71.8 cm³/mol. The summed E-state index contributed by atoms with van der Waals surface area (Å²) in [6, 6.07) is -1.63. The molecule has 2 rings (SSSR count). The van der Waals surface area contributed by atoms with E-state index in [9.17, 15) is 33.5 Å². The number of carboxylic acid groups (broad SMARTS) is 2. The number of H-pyrrole nitrogens is 1. The summed E-state index contributed by atoms with van der Waals surface area (Å²) in [5, 5.41) is 18.4. The van der Waals surface area contributed by atoms with Crippen LogP contribution in [-0.2, 0) is 14.3 Å². The van der Waals surface area contributed by atoms with Crippen molar-refractivity contribution in [2.75, 3.05) is 0 Å². The highest BCUT2D eigenvalue weighted by Gasteiger charge is 2.50. The zero-order chi connectivity index (χ0) is 18.2. The second-order valence-corrected chi connectivity index (χ2v) is 4.98. The van der Waals surface area contributed by atoms with Crippen LogP contribution < -0.4 is 11.2 Å². The van der Waals surface area contributed by atoms with Gasteiger partial charge in [-0.15, -0.1) is 0 Å². The number of aromatic amines is 1. The topological polar surface area (TPSA) is 159 Å². The molecule has 1 saturated heterocycles. The van der Waals surface area contributed by atoms with Crippen LogP contribution in [0.5, 0.6) is 0 Å². The minimum Gasteiger partial charge on any atom is -0.480 e. The lowest BCUT2D eigenvalue weighted by Crippen LogP contribution is -2.47. The number of aliphatic carboxylic acids is 1. The minimum atomic E-state index is -1.72.